The first-order valence-corrected chi connectivity index (χ1v) is 7.19. The molecule has 5 heteroatoms. The molecule has 1 N–H and O–H groups in total. The number of nitrogens with zero attached hydrogens (tertiary/aromatic N) is 1. The van der Waals surface area contributed by atoms with Crippen molar-refractivity contribution in [2.75, 3.05) is 0 Å². The van der Waals surface area contributed by atoms with Crippen LogP contribution in [0.2, 0.25) is 0 Å². The van der Waals surface area contributed by atoms with Crippen LogP contribution in [-0.2, 0) is 4.79 Å². The van der Waals surface area contributed by atoms with Crippen LogP contribution in [-0.4, -0.2) is 16.0 Å². The molecule has 1 amide bonds. The fourth-order valence-electron chi connectivity index (χ4n) is 2.22. The van der Waals surface area contributed by atoms with E-state index in [4.69, 9.17) is 5.26 Å². The maximum atomic E-state index is 11.6. The highest BCUT2D eigenvalue weighted by Crippen LogP contribution is 2.49. The zero-order valence-electron chi connectivity index (χ0n) is 9.00. The van der Waals surface area contributed by atoms with Gasteiger partial charge in [0.2, 0.25) is 5.91 Å². The van der Waals surface area contributed by atoms with Crippen LogP contribution in [0.25, 0.3) is 0 Å². The predicted octanol–water partition coefficient (Wildman–Crippen LogP) is 2.54. The maximum absolute atomic E-state index is 11.6. The summed E-state index contributed by atoms with van der Waals surface area (Å²) in [5.74, 6) is 0.297. The lowest BCUT2D eigenvalue weighted by molar-refractivity contribution is -0.119. The first-order chi connectivity index (χ1) is 7.63. The van der Waals surface area contributed by atoms with Crippen LogP contribution in [0.3, 0.4) is 0 Å². The molecule has 2 rings (SSSR count). The highest BCUT2D eigenvalue weighted by Gasteiger charge is 2.39. The number of hydrogen-bond acceptors (Lipinski definition) is 3. The lowest BCUT2D eigenvalue weighted by Gasteiger charge is -2.08. The normalized spacial score (nSPS) is 29.8. The van der Waals surface area contributed by atoms with Crippen molar-refractivity contribution in [2.45, 2.75) is 36.3 Å². The summed E-state index contributed by atoms with van der Waals surface area (Å²) < 4.78 is 0. The second kappa shape index (κ2) is 4.80. The second-order valence-corrected chi connectivity index (χ2v) is 6.78. The summed E-state index contributed by atoms with van der Waals surface area (Å²) in [6, 6.07) is 2.26. The van der Waals surface area contributed by atoms with Gasteiger partial charge in [0.25, 0.3) is 0 Å². The van der Waals surface area contributed by atoms with Gasteiger partial charge in [0.1, 0.15) is 0 Å². The van der Waals surface area contributed by atoms with E-state index in [1.54, 1.807) is 18.7 Å². The van der Waals surface area contributed by atoms with Gasteiger partial charge in [-0.05, 0) is 19.8 Å². The van der Waals surface area contributed by atoms with Crippen LogP contribution in [0.4, 0.5) is 0 Å². The molecule has 1 heterocycles. The van der Waals surface area contributed by atoms with Crippen LogP contribution in [0.5, 0.6) is 0 Å². The Labute approximate surface area is 108 Å². The van der Waals surface area contributed by atoms with Crippen molar-refractivity contribution in [1.29, 1.82) is 5.26 Å². The number of nitrogens with one attached hydrogen (secondary N) is 1. The van der Waals surface area contributed by atoms with Gasteiger partial charge in [0.05, 0.1) is 21.5 Å². The molecule has 0 aromatic rings. The summed E-state index contributed by atoms with van der Waals surface area (Å²) in [4.78, 5) is 11.3. The molecule has 0 bridgehead atoms. The van der Waals surface area contributed by atoms with Crippen molar-refractivity contribution in [3.8, 4) is 6.07 Å². The van der Waals surface area contributed by atoms with E-state index >= 15 is 0 Å². The zero-order valence-corrected chi connectivity index (χ0v) is 11.4. The molecule has 0 aromatic heterocycles. The number of fused-ring (bicyclic) bond motifs is 1. The number of alkyl halides is 1. The summed E-state index contributed by atoms with van der Waals surface area (Å²) in [6.07, 6.45) is 3.44. The van der Waals surface area contributed by atoms with Crippen LogP contribution in [0.1, 0.15) is 26.2 Å². The van der Waals surface area contributed by atoms with E-state index in [1.165, 1.54) is 6.42 Å². The molecule has 0 radical (unpaired) electrons. The van der Waals surface area contributed by atoms with Crippen molar-refractivity contribution in [2.24, 2.45) is 5.92 Å². The Kier molecular flexibility index (Phi) is 3.60. The Hall–Kier alpha value is -0.470. The van der Waals surface area contributed by atoms with E-state index in [9.17, 15) is 4.79 Å². The minimum atomic E-state index is -0.221. The van der Waals surface area contributed by atoms with Crippen molar-refractivity contribution in [1.82, 2.24) is 5.32 Å². The monoisotopic (exact) mass is 300 g/mol. The van der Waals surface area contributed by atoms with Crippen molar-refractivity contribution >= 4 is 33.6 Å². The molecule has 0 unspecified atom stereocenters. The smallest absolute Gasteiger partial charge is 0.238 e. The Morgan fingerprint density at radius 2 is 2.44 bits per heavy atom. The molecular formula is C11H13BrN2OS. The van der Waals surface area contributed by atoms with E-state index in [0.717, 1.165) is 23.4 Å². The molecule has 3 nitrogen and oxygen atoms in total. The van der Waals surface area contributed by atoms with Crippen LogP contribution < -0.4 is 5.32 Å². The van der Waals surface area contributed by atoms with E-state index in [0.29, 0.717) is 11.2 Å². The predicted molar refractivity (Wildman–Crippen MR) is 67.9 cm³/mol. The van der Waals surface area contributed by atoms with E-state index in [1.807, 2.05) is 0 Å². The standard InChI is InChI=1S/C11H13BrN2OS/c1-6(12)10(15)14-11-8(5-13)7-3-2-4-9(7)16-11/h6-7,9H,2-4H2,1H3,(H,14,15)/t6-,7+,9+/m0/s1. The van der Waals surface area contributed by atoms with Crippen LogP contribution in [0, 0.1) is 17.2 Å². The van der Waals surface area contributed by atoms with Gasteiger partial charge in [-0.3, -0.25) is 4.79 Å². The molecule has 16 heavy (non-hydrogen) atoms. The number of carbonyl (C=O) groups excluding carboxylic acids is 1. The molecule has 0 saturated heterocycles. The molecule has 0 spiro atoms. The zero-order chi connectivity index (χ0) is 11.7. The van der Waals surface area contributed by atoms with Gasteiger partial charge in [-0.25, -0.2) is 0 Å². The maximum Gasteiger partial charge on any atom is 0.238 e. The number of nitriles is 1. The Morgan fingerprint density at radius 1 is 1.69 bits per heavy atom. The summed E-state index contributed by atoms with van der Waals surface area (Å²) in [5, 5.41) is 13.3. The number of thioether (sulfide) groups is 1. The first-order valence-electron chi connectivity index (χ1n) is 5.39. The summed E-state index contributed by atoms with van der Waals surface area (Å²) in [6.45, 7) is 1.78. The third kappa shape index (κ3) is 2.14. The number of carbonyl (C=O) groups is 1. The highest BCUT2D eigenvalue weighted by atomic mass is 79.9. The van der Waals surface area contributed by atoms with Gasteiger partial charge in [-0.15, -0.1) is 11.8 Å². The van der Waals surface area contributed by atoms with E-state index in [2.05, 4.69) is 27.3 Å². The van der Waals surface area contributed by atoms with Gasteiger partial charge >= 0.3 is 0 Å². The molecule has 0 aromatic carbocycles. The molecule has 1 fully saturated rings. The highest BCUT2D eigenvalue weighted by molar-refractivity contribution is 9.10. The summed E-state index contributed by atoms with van der Waals surface area (Å²) in [5.41, 5.74) is 0.786. The number of rotatable bonds is 2. The topological polar surface area (TPSA) is 52.9 Å². The van der Waals surface area contributed by atoms with Crippen LogP contribution in [0.15, 0.2) is 10.6 Å². The SMILES string of the molecule is C[C@H](Br)C(=O)NC1=C(C#N)[C@H]2CCC[C@H]2S1. The van der Waals surface area contributed by atoms with Crippen molar-refractivity contribution < 1.29 is 4.79 Å². The molecule has 1 aliphatic carbocycles. The number of hydrogen-bond donors (Lipinski definition) is 1. The average molecular weight is 301 g/mol. The number of amides is 1. The molecular weight excluding hydrogens is 288 g/mol. The van der Waals surface area contributed by atoms with Crippen LogP contribution >= 0.6 is 27.7 Å². The van der Waals surface area contributed by atoms with Crippen molar-refractivity contribution in [3.05, 3.63) is 10.6 Å². The summed E-state index contributed by atoms with van der Waals surface area (Å²) in [7, 11) is 0. The number of allylic oxidation sites excluding steroid dienone is 1. The lowest BCUT2D eigenvalue weighted by atomic mass is 9.99. The Morgan fingerprint density at radius 3 is 3.06 bits per heavy atom. The fraction of sp³-hybridized carbons (Fsp3) is 0.636. The average Bonchev–Trinajstić information content (AvgIpc) is 2.77. The van der Waals surface area contributed by atoms with Gasteiger partial charge in [0, 0.05) is 11.2 Å². The molecule has 1 aliphatic heterocycles. The molecule has 2 aliphatic rings. The minimum Gasteiger partial charge on any atom is -0.319 e. The molecule has 86 valence electrons. The fourth-order valence-corrected chi connectivity index (χ4v) is 3.84. The largest absolute Gasteiger partial charge is 0.319 e. The van der Waals surface area contributed by atoms with E-state index < -0.39 is 0 Å². The third-order valence-corrected chi connectivity index (χ3v) is 4.90. The molecule has 3 atom stereocenters. The minimum absolute atomic E-state index is 0.0739. The first kappa shape index (κ1) is 12.0. The quantitative estimate of drug-likeness (QED) is 0.797. The second-order valence-electron chi connectivity index (χ2n) is 4.15. The van der Waals surface area contributed by atoms with Gasteiger partial charge in [-0.2, -0.15) is 5.26 Å². The third-order valence-electron chi connectivity index (χ3n) is 3.06. The Balaban J connectivity index is 2.14. The van der Waals surface area contributed by atoms with Gasteiger partial charge in [0.15, 0.2) is 0 Å². The van der Waals surface area contributed by atoms with Gasteiger partial charge < -0.3 is 5.32 Å². The lowest BCUT2D eigenvalue weighted by Crippen LogP contribution is -2.28. The summed E-state index contributed by atoms with van der Waals surface area (Å²) >= 11 is 4.89. The van der Waals surface area contributed by atoms with Gasteiger partial charge in [-0.1, -0.05) is 22.4 Å². The number of halogens is 1. The van der Waals surface area contributed by atoms with E-state index in [-0.39, 0.29) is 10.7 Å². The Bertz CT molecular complexity index is 386. The molecule has 1 saturated carbocycles. The van der Waals surface area contributed by atoms with Crippen molar-refractivity contribution in [3.63, 3.8) is 0 Å².